The molecule has 1 aliphatic heterocycles. The van der Waals surface area contributed by atoms with Crippen molar-refractivity contribution in [3.8, 4) is 0 Å². The van der Waals surface area contributed by atoms with E-state index in [1.807, 2.05) is 4.90 Å². The lowest BCUT2D eigenvalue weighted by Crippen LogP contribution is -2.34. The van der Waals surface area contributed by atoms with Crippen molar-refractivity contribution in [1.82, 2.24) is 4.90 Å². The molecule has 2 atom stereocenters. The molecule has 124 valence electrons. The first-order valence-corrected chi connectivity index (χ1v) is 8.11. The van der Waals surface area contributed by atoms with Crippen molar-refractivity contribution in [2.24, 2.45) is 11.8 Å². The fourth-order valence-corrected chi connectivity index (χ4v) is 3.12. The van der Waals surface area contributed by atoms with Crippen LogP contribution in [-0.2, 0) is 9.59 Å². The molecule has 6 heteroatoms. The molecule has 2 aliphatic rings. The van der Waals surface area contributed by atoms with Gasteiger partial charge in [-0.05, 0) is 31.4 Å². The second-order valence-electron chi connectivity index (χ2n) is 6.27. The highest BCUT2D eigenvalue weighted by atomic mass is 19.1. The Bertz CT molecular complexity index is 592. The minimum atomic E-state index is -0.811. The largest absolute Gasteiger partial charge is 0.342 e. The molecule has 1 aromatic carbocycles. The lowest BCUT2D eigenvalue weighted by Gasteiger charge is -2.20. The summed E-state index contributed by atoms with van der Waals surface area (Å²) < 4.78 is 27.1. The maximum atomic E-state index is 13.6. The van der Waals surface area contributed by atoms with Crippen molar-refractivity contribution < 1.29 is 18.4 Å². The summed E-state index contributed by atoms with van der Waals surface area (Å²) in [6.45, 7) is 1.48. The van der Waals surface area contributed by atoms with E-state index in [1.165, 1.54) is 6.07 Å². The zero-order chi connectivity index (χ0) is 16.4. The molecular weight excluding hydrogens is 302 g/mol. The first-order valence-electron chi connectivity index (χ1n) is 8.11. The Morgan fingerprint density at radius 2 is 1.61 bits per heavy atom. The number of rotatable bonds is 3. The van der Waals surface area contributed by atoms with Crippen molar-refractivity contribution in [3.63, 3.8) is 0 Å². The number of nitrogens with one attached hydrogen (secondary N) is 1. The molecule has 1 saturated heterocycles. The summed E-state index contributed by atoms with van der Waals surface area (Å²) in [6, 6.07) is 3.42. The Morgan fingerprint density at radius 1 is 1.00 bits per heavy atom. The van der Waals surface area contributed by atoms with E-state index in [9.17, 15) is 18.4 Å². The van der Waals surface area contributed by atoms with Crippen molar-refractivity contribution >= 4 is 17.5 Å². The summed E-state index contributed by atoms with van der Waals surface area (Å²) in [5, 5.41) is 2.28. The van der Waals surface area contributed by atoms with Crippen molar-refractivity contribution in [2.75, 3.05) is 18.4 Å². The van der Waals surface area contributed by atoms with Gasteiger partial charge in [0.25, 0.3) is 0 Å². The third kappa shape index (κ3) is 3.51. The van der Waals surface area contributed by atoms with Crippen LogP contribution in [0, 0.1) is 23.5 Å². The second-order valence-corrected chi connectivity index (χ2v) is 6.27. The molecule has 0 bridgehead atoms. The molecule has 4 nitrogen and oxygen atoms in total. The van der Waals surface area contributed by atoms with Gasteiger partial charge in [0.05, 0.1) is 11.8 Å². The maximum Gasteiger partial charge on any atom is 0.228 e. The average Bonchev–Trinajstić information content (AvgIpc) is 3.33. The van der Waals surface area contributed by atoms with Gasteiger partial charge in [-0.1, -0.05) is 18.9 Å². The van der Waals surface area contributed by atoms with Crippen LogP contribution >= 0.6 is 0 Å². The van der Waals surface area contributed by atoms with Crippen molar-refractivity contribution in [1.29, 1.82) is 0 Å². The minimum absolute atomic E-state index is 0.000977. The highest BCUT2D eigenvalue weighted by molar-refractivity contribution is 5.99. The normalized spacial score (nSPS) is 24.0. The fourth-order valence-electron chi connectivity index (χ4n) is 3.12. The minimum Gasteiger partial charge on any atom is -0.342 e. The van der Waals surface area contributed by atoms with E-state index in [4.69, 9.17) is 0 Å². The summed E-state index contributed by atoms with van der Waals surface area (Å²) in [5.41, 5.74) is -0.439. The lowest BCUT2D eigenvalue weighted by atomic mass is 10.2. The van der Waals surface area contributed by atoms with Crippen molar-refractivity contribution in [2.45, 2.75) is 32.1 Å². The topological polar surface area (TPSA) is 49.4 Å². The molecule has 2 amide bonds. The molecule has 2 fully saturated rings. The number of anilines is 1. The number of nitrogens with zero attached hydrogens (tertiary/aromatic N) is 1. The number of carbonyl (C=O) groups excluding carboxylic acids is 2. The van der Waals surface area contributed by atoms with Gasteiger partial charge < -0.3 is 10.2 Å². The van der Waals surface area contributed by atoms with Crippen LogP contribution < -0.4 is 5.32 Å². The molecule has 1 aliphatic carbocycles. The Morgan fingerprint density at radius 3 is 2.22 bits per heavy atom. The standard InChI is InChI=1S/C17H20F2N2O2/c18-13-6-5-7-14(19)15(13)20-16(22)11-10-12(11)17(23)21-8-3-1-2-4-9-21/h5-7,11-12H,1-4,8-10H2,(H,20,22). The van der Waals surface area contributed by atoms with Crippen LogP contribution in [0.2, 0.25) is 0 Å². The molecule has 1 heterocycles. The Kier molecular flexibility index (Phi) is 4.59. The highest BCUT2D eigenvalue weighted by Crippen LogP contribution is 2.41. The van der Waals surface area contributed by atoms with E-state index < -0.39 is 29.1 Å². The average molecular weight is 322 g/mol. The highest BCUT2D eigenvalue weighted by Gasteiger charge is 2.49. The zero-order valence-corrected chi connectivity index (χ0v) is 12.9. The van der Waals surface area contributed by atoms with Gasteiger partial charge in [-0.25, -0.2) is 8.78 Å². The smallest absolute Gasteiger partial charge is 0.228 e. The molecule has 2 unspecified atom stereocenters. The zero-order valence-electron chi connectivity index (χ0n) is 12.9. The quantitative estimate of drug-likeness (QED) is 0.930. The Labute approximate surface area is 133 Å². The van der Waals surface area contributed by atoms with Crippen LogP contribution in [0.4, 0.5) is 14.5 Å². The third-order valence-electron chi connectivity index (χ3n) is 4.57. The number of carbonyl (C=O) groups is 2. The van der Waals surface area contributed by atoms with Crippen molar-refractivity contribution in [3.05, 3.63) is 29.8 Å². The lowest BCUT2D eigenvalue weighted by molar-refractivity contribution is -0.134. The van der Waals surface area contributed by atoms with E-state index in [0.717, 1.165) is 50.9 Å². The molecular formula is C17H20F2N2O2. The van der Waals surface area contributed by atoms with Gasteiger partial charge in [0, 0.05) is 13.1 Å². The van der Waals surface area contributed by atoms with E-state index in [1.54, 1.807) is 0 Å². The SMILES string of the molecule is O=C(Nc1c(F)cccc1F)C1CC1C(=O)N1CCCCCC1. The number of hydrogen-bond donors (Lipinski definition) is 1. The van der Waals surface area contributed by atoms with Gasteiger partial charge in [0.15, 0.2) is 0 Å². The first kappa shape index (κ1) is 15.9. The predicted molar refractivity (Wildman–Crippen MR) is 81.6 cm³/mol. The summed E-state index contributed by atoms with van der Waals surface area (Å²) >= 11 is 0. The van der Waals surface area contributed by atoms with E-state index in [-0.39, 0.29) is 11.8 Å². The van der Waals surface area contributed by atoms with Crippen LogP contribution in [0.5, 0.6) is 0 Å². The number of amides is 2. The van der Waals surface area contributed by atoms with Crippen LogP contribution in [-0.4, -0.2) is 29.8 Å². The number of halogens is 2. The van der Waals surface area contributed by atoms with Crippen LogP contribution in [0.25, 0.3) is 0 Å². The second kappa shape index (κ2) is 6.64. The summed E-state index contributed by atoms with van der Waals surface area (Å²) in [5.74, 6) is -2.93. The predicted octanol–water partition coefficient (Wildman–Crippen LogP) is 2.94. The summed E-state index contributed by atoms with van der Waals surface area (Å²) in [6.07, 6.45) is 4.71. The van der Waals surface area contributed by atoms with E-state index in [0.29, 0.717) is 6.42 Å². The monoisotopic (exact) mass is 322 g/mol. The number of benzene rings is 1. The molecule has 3 rings (SSSR count). The van der Waals surface area contributed by atoms with Gasteiger partial charge >= 0.3 is 0 Å². The summed E-state index contributed by atoms with van der Waals surface area (Å²) in [7, 11) is 0. The van der Waals surface area contributed by atoms with E-state index in [2.05, 4.69) is 5.32 Å². The van der Waals surface area contributed by atoms with Gasteiger partial charge in [0.2, 0.25) is 11.8 Å². The molecule has 1 aromatic rings. The Balaban J connectivity index is 1.59. The molecule has 0 spiro atoms. The van der Waals surface area contributed by atoms with Gasteiger partial charge in [-0.15, -0.1) is 0 Å². The number of likely N-dealkylation sites (tertiary alicyclic amines) is 1. The van der Waals surface area contributed by atoms with Gasteiger partial charge in [0.1, 0.15) is 17.3 Å². The molecule has 1 N–H and O–H groups in total. The van der Waals surface area contributed by atoms with Gasteiger partial charge in [-0.3, -0.25) is 9.59 Å². The molecule has 1 saturated carbocycles. The number of para-hydroxylation sites is 1. The van der Waals surface area contributed by atoms with Crippen LogP contribution in [0.3, 0.4) is 0 Å². The first-order chi connectivity index (χ1) is 11.1. The molecule has 0 radical (unpaired) electrons. The third-order valence-corrected chi connectivity index (χ3v) is 4.57. The van der Waals surface area contributed by atoms with Crippen LogP contribution in [0.15, 0.2) is 18.2 Å². The summed E-state index contributed by atoms with van der Waals surface area (Å²) in [4.78, 5) is 26.4. The fraction of sp³-hybridized carbons (Fsp3) is 0.529. The van der Waals surface area contributed by atoms with Crippen LogP contribution in [0.1, 0.15) is 32.1 Å². The number of hydrogen-bond acceptors (Lipinski definition) is 2. The van der Waals surface area contributed by atoms with E-state index >= 15 is 0 Å². The maximum absolute atomic E-state index is 13.6. The van der Waals surface area contributed by atoms with Gasteiger partial charge in [-0.2, -0.15) is 0 Å². The molecule has 0 aromatic heterocycles. The molecule has 23 heavy (non-hydrogen) atoms. The Hall–Kier alpha value is -1.98.